The number of hydrogen-bond acceptors (Lipinski definition) is 2. The zero-order valence-corrected chi connectivity index (χ0v) is 13.4. The maximum Gasteiger partial charge on any atom is 0.165 e. The fourth-order valence-corrected chi connectivity index (χ4v) is 4.25. The first kappa shape index (κ1) is 14.3. The third-order valence-corrected chi connectivity index (χ3v) is 5.34. The summed E-state index contributed by atoms with van der Waals surface area (Å²) < 4.78 is 0. The van der Waals surface area contributed by atoms with Gasteiger partial charge in [-0.1, -0.05) is 72.4 Å². The molecule has 0 aromatic heterocycles. The van der Waals surface area contributed by atoms with Crippen molar-refractivity contribution in [2.45, 2.75) is 22.1 Å². The highest BCUT2D eigenvalue weighted by Gasteiger charge is 2.32. The van der Waals surface area contributed by atoms with Crippen LogP contribution in [0.2, 0.25) is 0 Å². The van der Waals surface area contributed by atoms with Crippen LogP contribution >= 0.6 is 11.8 Å². The molecule has 3 aromatic carbocycles. The van der Waals surface area contributed by atoms with Gasteiger partial charge < -0.3 is 0 Å². The molecule has 0 heterocycles. The highest BCUT2D eigenvalue weighted by Crippen LogP contribution is 2.43. The Kier molecular flexibility index (Phi) is 3.76. The lowest BCUT2D eigenvalue weighted by Gasteiger charge is -2.12. The van der Waals surface area contributed by atoms with Gasteiger partial charge in [0.05, 0.1) is 0 Å². The summed E-state index contributed by atoms with van der Waals surface area (Å²) in [5.74, 6) is 0.447. The van der Waals surface area contributed by atoms with Crippen LogP contribution in [-0.4, -0.2) is 5.78 Å². The van der Waals surface area contributed by atoms with E-state index < -0.39 is 0 Å². The van der Waals surface area contributed by atoms with Crippen molar-refractivity contribution in [2.24, 2.45) is 0 Å². The predicted molar refractivity (Wildman–Crippen MR) is 94.2 cm³/mol. The van der Waals surface area contributed by atoms with E-state index in [1.54, 1.807) is 11.8 Å². The van der Waals surface area contributed by atoms with E-state index in [0.29, 0.717) is 6.42 Å². The maximum atomic E-state index is 12.6. The van der Waals surface area contributed by atoms with E-state index in [2.05, 4.69) is 42.5 Å². The van der Waals surface area contributed by atoms with Crippen molar-refractivity contribution in [2.75, 3.05) is 0 Å². The third kappa shape index (κ3) is 2.71. The van der Waals surface area contributed by atoms with Gasteiger partial charge in [-0.05, 0) is 29.3 Å². The first-order valence-electron chi connectivity index (χ1n) is 7.77. The Labute approximate surface area is 140 Å². The molecule has 0 amide bonds. The predicted octanol–water partition coefficient (Wildman–Crippen LogP) is 5.56. The largest absolute Gasteiger partial charge is 0.294 e. The zero-order chi connectivity index (χ0) is 15.6. The number of rotatable bonds is 3. The van der Waals surface area contributed by atoms with Crippen molar-refractivity contribution in [3.05, 3.63) is 95.6 Å². The Hall–Kier alpha value is -2.32. The van der Waals surface area contributed by atoms with Crippen LogP contribution in [0.3, 0.4) is 0 Å². The van der Waals surface area contributed by atoms with E-state index in [0.717, 1.165) is 15.4 Å². The molecule has 1 aliphatic carbocycles. The second kappa shape index (κ2) is 6.05. The van der Waals surface area contributed by atoms with E-state index >= 15 is 0 Å². The molecule has 1 nitrogen and oxygen atoms in total. The number of carbonyl (C=O) groups excluding carboxylic acids is 1. The first-order valence-corrected chi connectivity index (χ1v) is 8.58. The summed E-state index contributed by atoms with van der Waals surface area (Å²) in [4.78, 5) is 14.9. The van der Waals surface area contributed by atoms with Gasteiger partial charge in [-0.25, -0.2) is 0 Å². The van der Waals surface area contributed by atoms with Gasteiger partial charge >= 0.3 is 0 Å². The monoisotopic (exact) mass is 316 g/mol. The van der Waals surface area contributed by atoms with Crippen molar-refractivity contribution < 1.29 is 4.79 Å². The number of fused-ring (bicyclic) bond motifs is 1. The number of ketones is 1. The third-order valence-electron chi connectivity index (χ3n) is 4.28. The summed E-state index contributed by atoms with van der Waals surface area (Å²) in [6, 6.07) is 26.8. The molecule has 0 radical (unpaired) electrons. The molecule has 0 fully saturated rings. The van der Waals surface area contributed by atoms with Crippen LogP contribution in [0.5, 0.6) is 0 Å². The Morgan fingerprint density at radius 3 is 2.22 bits per heavy atom. The number of carbonyl (C=O) groups is 1. The molecule has 0 bridgehead atoms. The van der Waals surface area contributed by atoms with Gasteiger partial charge in [-0.3, -0.25) is 4.79 Å². The Morgan fingerprint density at radius 2 is 1.48 bits per heavy atom. The minimum absolute atomic E-state index is 0.190. The molecule has 1 aliphatic rings. The molecule has 0 saturated carbocycles. The van der Waals surface area contributed by atoms with E-state index in [9.17, 15) is 4.79 Å². The van der Waals surface area contributed by atoms with Gasteiger partial charge in [0, 0.05) is 27.7 Å². The molecular formula is C21H16OS. The fourth-order valence-electron chi connectivity index (χ4n) is 3.22. The van der Waals surface area contributed by atoms with Crippen LogP contribution in [0.15, 0.2) is 88.7 Å². The van der Waals surface area contributed by atoms with Gasteiger partial charge in [0.25, 0.3) is 0 Å². The SMILES string of the molecule is O=C1C[C@@H](c2ccccc2)c2cccc(Sc3ccccc3)c21. The van der Waals surface area contributed by atoms with Crippen LogP contribution in [0.25, 0.3) is 0 Å². The normalized spacial score (nSPS) is 16.3. The molecule has 0 saturated heterocycles. The van der Waals surface area contributed by atoms with Crippen molar-refractivity contribution in [3.63, 3.8) is 0 Å². The van der Waals surface area contributed by atoms with Crippen LogP contribution in [0.4, 0.5) is 0 Å². The molecular weight excluding hydrogens is 300 g/mol. The molecule has 112 valence electrons. The van der Waals surface area contributed by atoms with Crippen LogP contribution < -0.4 is 0 Å². The minimum Gasteiger partial charge on any atom is -0.294 e. The van der Waals surface area contributed by atoms with E-state index in [-0.39, 0.29) is 11.7 Å². The summed E-state index contributed by atoms with van der Waals surface area (Å²) in [7, 11) is 0. The van der Waals surface area contributed by atoms with Crippen molar-refractivity contribution >= 4 is 17.5 Å². The van der Waals surface area contributed by atoms with E-state index in [4.69, 9.17) is 0 Å². The molecule has 0 aliphatic heterocycles. The average molecular weight is 316 g/mol. The summed E-state index contributed by atoms with van der Waals surface area (Å²) in [6.45, 7) is 0. The molecule has 0 unspecified atom stereocenters. The Bertz CT molecular complexity index is 840. The minimum atomic E-state index is 0.190. The number of hydrogen-bond donors (Lipinski definition) is 0. The van der Waals surface area contributed by atoms with Crippen LogP contribution in [0, 0.1) is 0 Å². The summed E-state index contributed by atoms with van der Waals surface area (Å²) in [5.41, 5.74) is 3.30. The van der Waals surface area contributed by atoms with Crippen LogP contribution in [0.1, 0.15) is 33.8 Å². The highest BCUT2D eigenvalue weighted by molar-refractivity contribution is 7.99. The van der Waals surface area contributed by atoms with Gasteiger partial charge in [0.1, 0.15) is 0 Å². The van der Waals surface area contributed by atoms with Crippen molar-refractivity contribution in [1.29, 1.82) is 0 Å². The van der Waals surface area contributed by atoms with Gasteiger partial charge in [-0.2, -0.15) is 0 Å². The average Bonchev–Trinajstić information content (AvgIpc) is 2.95. The second-order valence-electron chi connectivity index (χ2n) is 5.73. The summed E-state index contributed by atoms with van der Waals surface area (Å²) in [5, 5.41) is 0. The lowest BCUT2D eigenvalue weighted by molar-refractivity contribution is 0.0989. The molecule has 0 spiro atoms. The standard InChI is InChI=1S/C21H16OS/c22-19-14-18(15-8-3-1-4-9-15)17-12-7-13-20(21(17)19)23-16-10-5-2-6-11-16/h1-13,18H,14H2/t18-/m0/s1. The lowest BCUT2D eigenvalue weighted by atomic mass is 9.93. The fraction of sp³-hybridized carbons (Fsp3) is 0.0952. The molecule has 2 heteroatoms. The quantitative estimate of drug-likeness (QED) is 0.629. The smallest absolute Gasteiger partial charge is 0.165 e. The zero-order valence-electron chi connectivity index (χ0n) is 12.6. The van der Waals surface area contributed by atoms with Gasteiger partial charge in [0.15, 0.2) is 5.78 Å². The van der Waals surface area contributed by atoms with Gasteiger partial charge in [0.2, 0.25) is 0 Å². The Balaban J connectivity index is 1.75. The van der Waals surface area contributed by atoms with Gasteiger partial charge in [-0.15, -0.1) is 0 Å². The van der Waals surface area contributed by atoms with E-state index in [1.807, 2.05) is 36.4 Å². The molecule has 1 atom stereocenters. The number of benzene rings is 3. The molecule has 4 rings (SSSR count). The second-order valence-corrected chi connectivity index (χ2v) is 6.84. The van der Waals surface area contributed by atoms with E-state index in [1.165, 1.54) is 11.1 Å². The lowest BCUT2D eigenvalue weighted by Crippen LogP contribution is -1.95. The van der Waals surface area contributed by atoms with Crippen LogP contribution in [-0.2, 0) is 0 Å². The van der Waals surface area contributed by atoms with Crippen molar-refractivity contribution in [1.82, 2.24) is 0 Å². The molecule has 3 aromatic rings. The molecule has 0 N–H and O–H groups in total. The topological polar surface area (TPSA) is 17.1 Å². The summed E-state index contributed by atoms with van der Waals surface area (Å²) in [6.07, 6.45) is 0.575. The molecule has 23 heavy (non-hydrogen) atoms. The number of Topliss-reactive ketones (excluding diaryl/α,β-unsaturated/α-hetero) is 1. The highest BCUT2D eigenvalue weighted by atomic mass is 32.2. The maximum absolute atomic E-state index is 12.6. The first-order chi connectivity index (χ1) is 11.3. The Morgan fingerprint density at radius 1 is 0.783 bits per heavy atom. The summed E-state index contributed by atoms with van der Waals surface area (Å²) >= 11 is 1.67. The van der Waals surface area contributed by atoms with Crippen molar-refractivity contribution in [3.8, 4) is 0 Å².